The molecule has 62 heavy (non-hydrogen) atoms. The van der Waals surface area contributed by atoms with E-state index >= 15 is 0 Å². The molecule has 0 heterocycles. The molecule has 0 aromatic carbocycles. The second-order valence-electron chi connectivity index (χ2n) is 20.8. The van der Waals surface area contributed by atoms with Crippen molar-refractivity contribution in [2.75, 3.05) is 0 Å². The molecule has 8 aliphatic rings. The van der Waals surface area contributed by atoms with Gasteiger partial charge >= 0.3 is 75.7 Å². The Morgan fingerprint density at radius 3 is 0.984 bits per heavy atom. The van der Waals surface area contributed by atoms with Crippen molar-refractivity contribution >= 4 is 50.2 Å². The van der Waals surface area contributed by atoms with Crippen molar-refractivity contribution < 1.29 is 41.7 Å². The molecule has 0 bridgehead atoms. The third kappa shape index (κ3) is 12.9. The van der Waals surface area contributed by atoms with E-state index in [9.17, 15) is 0 Å². The van der Waals surface area contributed by atoms with Gasteiger partial charge in [0.1, 0.15) is 0 Å². The topological polar surface area (TPSA) is 0 Å². The minimum absolute atomic E-state index is 0. The Labute approximate surface area is 425 Å². The van der Waals surface area contributed by atoms with Crippen LogP contribution >= 0.6 is 34.1 Å². The molecule has 8 aliphatic carbocycles. The van der Waals surface area contributed by atoms with Gasteiger partial charge in [0.2, 0.25) is 0 Å². The Kier molecular flexibility index (Phi) is 27.8. The van der Waals surface area contributed by atoms with Crippen LogP contribution in [0.2, 0.25) is 48.4 Å². The van der Waals surface area contributed by atoms with E-state index in [1.54, 1.807) is 0 Å². The van der Waals surface area contributed by atoms with Gasteiger partial charge in [-0.2, -0.15) is 0 Å². The van der Waals surface area contributed by atoms with Gasteiger partial charge in [0, 0.05) is 0 Å². The molecule has 0 amide bonds. The molecule has 0 aromatic rings. The van der Waals surface area contributed by atoms with E-state index in [0.29, 0.717) is 0 Å². The molecule has 18 atom stereocenters. The van der Waals surface area contributed by atoms with Crippen LogP contribution in [0.1, 0.15) is 80.1 Å². The summed E-state index contributed by atoms with van der Waals surface area (Å²) >= 11 is -1.65. The van der Waals surface area contributed by atoms with Crippen molar-refractivity contribution in [3.63, 3.8) is 0 Å². The monoisotopic (exact) mass is 1110 g/mol. The zero-order chi connectivity index (χ0) is 42.4. The number of allylic oxidation sites excluding steroid dienone is 16. The van der Waals surface area contributed by atoms with Crippen LogP contribution in [0.5, 0.6) is 0 Å². The maximum atomic E-state index is 4.93. The fraction of sp³-hybridized carbons (Fsp3) is 0.630. The van der Waals surface area contributed by atoms with E-state index in [4.69, 9.17) is 34.1 Å². The van der Waals surface area contributed by atoms with Crippen LogP contribution < -0.4 is 0 Å². The molecule has 348 valence electrons. The van der Waals surface area contributed by atoms with Gasteiger partial charge in [-0.3, -0.25) is 0 Å². The van der Waals surface area contributed by atoms with Crippen molar-refractivity contribution in [2.24, 2.45) is 82.9 Å². The Hall–Kier alpha value is 1.28. The Morgan fingerprint density at radius 2 is 0.677 bits per heavy atom. The molecule has 0 aromatic heterocycles. The van der Waals surface area contributed by atoms with Crippen molar-refractivity contribution in [2.45, 2.75) is 128 Å². The number of fused-ring (bicyclic) bond motifs is 4. The molecule has 8 rings (SSSR count). The van der Waals surface area contributed by atoms with E-state index < -0.39 is 57.8 Å². The van der Waals surface area contributed by atoms with E-state index in [1.165, 1.54) is 38.5 Å². The van der Waals surface area contributed by atoms with Gasteiger partial charge < -0.3 is 29.7 Å². The third-order valence-electron chi connectivity index (χ3n) is 17.4. The van der Waals surface area contributed by atoms with Gasteiger partial charge in [-0.05, 0) is 131 Å². The molecule has 0 spiro atoms. The molecule has 0 N–H and O–H groups in total. The van der Waals surface area contributed by atoms with E-state index in [0.717, 1.165) is 105 Å². The number of hydrogen-bond acceptors (Lipinski definition) is 0. The van der Waals surface area contributed by atoms with Gasteiger partial charge in [0.05, 0.1) is 16.1 Å². The van der Waals surface area contributed by atoms with Crippen LogP contribution in [0.25, 0.3) is 0 Å². The summed E-state index contributed by atoms with van der Waals surface area (Å²) in [6.45, 7) is 26.2. The molecule has 0 radical (unpaired) electrons. The van der Waals surface area contributed by atoms with E-state index in [1.807, 2.05) is 0 Å². The predicted molar refractivity (Wildman–Crippen MR) is 283 cm³/mol. The first-order chi connectivity index (χ1) is 27.8. The van der Waals surface area contributed by atoms with Crippen molar-refractivity contribution in [3.8, 4) is 0 Å². The first-order valence-electron chi connectivity index (χ1n) is 23.1. The van der Waals surface area contributed by atoms with Gasteiger partial charge in [0.15, 0.2) is 0 Å². The van der Waals surface area contributed by atoms with Gasteiger partial charge in [0.25, 0.3) is 0 Å². The molecule has 4 fully saturated rings. The summed E-state index contributed by atoms with van der Waals surface area (Å²) in [4.78, 5) is 0. The second-order valence-corrected chi connectivity index (χ2v) is 38.2. The summed E-state index contributed by atoms with van der Waals surface area (Å²) < 4.78 is 0. The number of rotatable bonds is 8. The SMILES string of the molecule is CC1CC2C=CC=CC2C1[Si](C)(C)C1C(C)CC2C=CC=CC21.CCCC1C(C)C([Si](C)(C)C2C(C)C(CCC)C3C=CC=CC32)C2C=CC=CC21.[CH3-].[CH3-].[CH3-].[CH3-].[Cl][Zr+2][Cl].[Cl][Zr+2][Cl]. The molecular weight excluding hydrogens is 1030 g/mol. The summed E-state index contributed by atoms with van der Waals surface area (Å²) in [7, 11) is 16.9. The van der Waals surface area contributed by atoms with Crippen molar-refractivity contribution in [1.29, 1.82) is 0 Å². The molecule has 0 nitrogen and oxygen atoms in total. The Balaban J connectivity index is 0.000000528. The number of hydrogen-bond donors (Lipinski definition) is 0. The summed E-state index contributed by atoms with van der Waals surface area (Å²) in [6, 6.07) is 0. The molecule has 8 heteroatoms. The maximum absolute atomic E-state index is 4.93. The summed E-state index contributed by atoms with van der Waals surface area (Å²) in [6.07, 6.45) is 47.4. The zero-order valence-corrected chi connectivity index (χ0v) is 51.3. The fourth-order valence-corrected chi connectivity index (χ4v) is 28.8. The van der Waals surface area contributed by atoms with Gasteiger partial charge in [-0.1, -0.05) is 178 Å². The van der Waals surface area contributed by atoms with Gasteiger partial charge in [-0.25, -0.2) is 0 Å². The molecule has 4 saturated carbocycles. The van der Waals surface area contributed by atoms with Crippen LogP contribution in [0.4, 0.5) is 0 Å². The van der Waals surface area contributed by atoms with Crippen LogP contribution in [0.3, 0.4) is 0 Å². The summed E-state index contributed by atoms with van der Waals surface area (Å²) in [5.41, 5.74) is 3.77. The van der Waals surface area contributed by atoms with E-state index in [-0.39, 0.29) is 29.7 Å². The summed E-state index contributed by atoms with van der Waals surface area (Å²) in [5.74, 6) is 11.8. The molecule has 18 unspecified atom stereocenters. The van der Waals surface area contributed by atoms with Crippen LogP contribution in [0, 0.1) is 113 Å². The van der Waals surface area contributed by atoms with E-state index in [2.05, 4.69) is 165 Å². The third-order valence-corrected chi connectivity index (χ3v) is 28.0. The average molecular weight is 1120 g/mol. The van der Waals surface area contributed by atoms with Crippen molar-refractivity contribution in [3.05, 3.63) is 127 Å². The first-order valence-corrected chi connectivity index (χ1v) is 42.1. The van der Waals surface area contributed by atoms with Crippen molar-refractivity contribution in [1.82, 2.24) is 0 Å². The quantitative estimate of drug-likeness (QED) is 0.168. The molecular formula is C54H88Cl4Si2Zr2. The Bertz CT molecular complexity index is 1450. The minimum atomic E-state index is -1.49. The molecule has 0 aliphatic heterocycles. The average Bonchev–Trinajstić information content (AvgIpc) is 3.89. The zero-order valence-electron chi connectivity index (χ0n) is 41.4. The van der Waals surface area contributed by atoms with Crippen LogP contribution in [0.15, 0.2) is 97.2 Å². The van der Waals surface area contributed by atoms with Crippen LogP contribution in [-0.4, -0.2) is 16.1 Å². The second kappa shape index (κ2) is 28.1. The predicted octanol–water partition coefficient (Wildman–Crippen LogP) is 19.1. The standard InChI is InChI=1S/C28H44Si.C22H32Si.4CH3.4ClH.2Zr/c1-7-13-21-19(3)27(25-17-11-9-15-23(21)25)29(5,6)28-20(4)22(14-8-2)24-16-10-12-18-26(24)28;1-15-13-17-9-5-7-11-19(17)21(15)23(3,4)22-16(2)14-18-10-6-8-12-20(18)22;;;;;;;;;;/h9-12,15-28H,7-8,13-14H2,1-6H3;5-12,15-22H,13-14H2,1-4H3;4*1H3;4*1H;;/q;;4*-1;;;;;2*+4/p-4. The first kappa shape index (κ1) is 61.3. The summed E-state index contributed by atoms with van der Waals surface area (Å²) in [5, 5.41) is 0. The number of halogens is 4. The van der Waals surface area contributed by atoms with Gasteiger partial charge in [-0.15, -0.1) is 0 Å². The fourth-order valence-electron chi connectivity index (χ4n) is 16.1. The molecule has 0 saturated heterocycles. The Morgan fingerprint density at radius 1 is 0.419 bits per heavy atom. The van der Waals surface area contributed by atoms with Crippen LogP contribution in [-0.2, 0) is 41.7 Å². The normalized spacial score (nSPS) is 39.4.